The van der Waals surface area contributed by atoms with Gasteiger partial charge in [0, 0.05) is 6.20 Å². The third-order valence-electron chi connectivity index (χ3n) is 2.98. The topological polar surface area (TPSA) is 79.0 Å². The van der Waals surface area contributed by atoms with Crippen LogP contribution in [0.4, 0.5) is 20.6 Å². The number of nitrogens with zero attached hydrogens (tertiary/aromatic N) is 1. The third-order valence-corrected chi connectivity index (χ3v) is 2.98. The van der Waals surface area contributed by atoms with Gasteiger partial charge in [0.15, 0.2) is 0 Å². The van der Waals surface area contributed by atoms with Gasteiger partial charge in [-0.25, -0.2) is 9.18 Å². The minimum absolute atomic E-state index is 0.140. The molecular formula is C16H21FN4O2. The Morgan fingerprint density at radius 3 is 2.65 bits per heavy atom. The van der Waals surface area contributed by atoms with Gasteiger partial charge in [0.1, 0.15) is 11.4 Å². The van der Waals surface area contributed by atoms with Gasteiger partial charge < -0.3 is 10.1 Å². The van der Waals surface area contributed by atoms with Gasteiger partial charge in [-0.1, -0.05) is 0 Å². The first-order valence-electron chi connectivity index (χ1n) is 7.30. The fourth-order valence-corrected chi connectivity index (χ4v) is 1.98. The number of carbonyl (C=O) groups excluding carboxylic acids is 1. The summed E-state index contributed by atoms with van der Waals surface area (Å²) < 4.78 is 18.8. The molecule has 2 aromatic rings. The van der Waals surface area contributed by atoms with Crippen molar-refractivity contribution in [1.29, 1.82) is 0 Å². The maximum absolute atomic E-state index is 13.5. The average Bonchev–Trinajstić information content (AvgIpc) is 2.93. The van der Waals surface area contributed by atoms with Crippen LogP contribution in [-0.4, -0.2) is 21.9 Å². The monoisotopic (exact) mass is 320 g/mol. The van der Waals surface area contributed by atoms with Crippen LogP contribution >= 0.6 is 0 Å². The van der Waals surface area contributed by atoms with Gasteiger partial charge in [0.2, 0.25) is 0 Å². The molecule has 1 amide bonds. The number of hydrogen-bond acceptors (Lipinski definition) is 4. The molecule has 0 saturated heterocycles. The SMILES string of the molecule is CC(Nc1cc(F)ccc1NC(=O)OC(C)(C)C)c1ccn[nH]1. The Morgan fingerprint density at radius 2 is 2.04 bits per heavy atom. The summed E-state index contributed by atoms with van der Waals surface area (Å²) in [5.41, 5.74) is 1.13. The number of aromatic amines is 1. The van der Waals surface area contributed by atoms with E-state index in [9.17, 15) is 9.18 Å². The van der Waals surface area contributed by atoms with Gasteiger partial charge in [0.25, 0.3) is 0 Å². The van der Waals surface area contributed by atoms with Crippen LogP contribution in [-0.2, 0) is 4.74 Å². The van der Waals surface area contributed by atoms with E-state index < -0.39 is 17.5 Å². The predicted molar refractivity (Wildman–Crippen MR) is 86.9 cm³/mol. The van der Waals surface area contributed by atoms with E-state index in [-0.39, 0.29) is 6.04 Å². The van der Waals surface area contributed by atoms with Crippen molar-refractivity contribution >= 4 is 17.5 Å². The second-order valence-corrected chi connectivity index (χ2v) is 6.19. The summed E-state index contributed by atoms with van der Waals surface area (Å²) in [4.78, 5) is 11.9. The van der Waals surface area contributed by atoms with Gasteiger partial charge in [0.05, 0.1) is 23.1 Å². The molecule has 0 aliphatic heterocycles. The zero-order valence-corrected chi connectivity index (χ0v) is 13.6. The number of amides is 1. The van der Waals surface area contributed by atoms with Crippen molar-refractivity contribution in [2.24, 2.45) is 0 Å². The van der Waals surface area contributed by atoms with E-state index >= 15 is 0 Å². The number of benzene rings is 1. The average molecular weight is 320 g/mol. The maximum Gasteiger partial charge on any atom is 0.412 e. The van der Waals surface area contributed by atoms with Crippen LogP contribution in [0.1, 0.15) is 39.4 Å². The lowest BCUT2D eigenvalue weighted by atomic mass is 10.2. The van der Waals surface area contributed by atoms with Crippen molar-refractivity contribution in [3.8, 4) is 0 Å². The first-order valence-corrected chi connectivity index (χ1v) is 7.30. The lowest BCUT2D eigenvalue weighted by Gasteiger charge is -2.21. The van der Waals surface area contributed by atoms with Crippen LogP contribution in [0.3, 0.4) is 0 Å². The number of carbonyl (C=O) groups is 1. The molecule has 1 unspecified atom stereocenters. The molecule has 0 aliphatic rings. The van der Waals surface area contributed by atoms with Crippen molar-refractivity contribution in [2.45, 2.75) is 39.3 Å². The fraction of sp³-hybridized carbons (Fsp3) is 0.375. The van der Waals surface area contributed by atoms with E-state index in [1.807, 2.05) is 13.0 Å². The molecule has 1 heterocycles. The smallest absolute Gasteiger partial charge is 0.412 e. The van der Waals surface area contributed by atoms with Crippen molar-refractivity contribution in [3.63, 3.8) is 0 Å². The number of H-pyrrole nitrogens is 1. The summed E-state index contributed by atoms with van der Waals surface area (Å²) in [6.07, 6.45) is 1.04. The van der Waals surface area contributed by atoms with E-state index in [1.54, 1.807) is 27.0 Å². The minimum atomic E-state index is -0.610. The predicted octanol–water partition coefficient (Wildman–Crippen LogP) is 4.07. The molecule has 6 nitrogen and oxygen atoms in total. The van der Waals surface area contributed by atoms with Gasteiger partial charge >= 0.3 is 6.09 Å². The Hall–Kier alpha value is -2.57. The zero-order valence-electron chi connectivity index (χ0n) is 13.6. The lowest BCUT2D eigenvalue weighted by molar-refractivity contribution is 0.0636. The summed E-state index contributed by atoms with van der Waals surface area (Å²) in [6.45, 7) is 7.22. The van der Waals surface area contributed by atoms with Crippen LogP contribution in [0.5, 0.6) is 0 Å². The summed E-state index contributed by atoms with van der Waals surface area (Å²) in [6, 6.07) is 5.76. The molecule has 0 bridgehead atoms. The molecule has 1 atom stereocenters. The number of hydrogen-bond donors (Lipinski definition) is 3. The molecule has 3 N–H and O–H groups in total. The number of nitrogens with one attached hydrogen (secondary N) is 3. The van der Waals surface area contributed by atoms with Gasteiger partial charge in [-0.3, -0.25) is 10.4 Å². The highest BCUT2D eigenvalue weighted by Gasteiger charge is 2.18. The van der Waals surface area contributed by atoms with E-state index in [0.717, 1.165) is 5.69 Å². The summed E-state index contributed by atoms with van der Waals surface area (Å²) in [5.74, 6) is -0.404. The van der Waals surface area contributed by atoms with E-state index in [4.69, 9.17) is 4.74 Å². The van der Waals surface area contributed by atoms with Crippen molar-refractivity contribution < 1.29 is 13.9 Å². The fourth-order valence-electron chi connectivity index (χ4n) is 1.98. The van der Waals surface area contributed by atoms with Crippen molar-refractivity contribution in [3.05, 3.63) is 42.0 Å². The minimum Gasteiger partial charge on any atom is -0.444 e. The Morgan fingerprint density at radius 1 is 1.30 bits per heavy atom. The van der Waals surface area contributed by atoms with Crippen molar-refractivity contribution in [2.75, 3.05) is 10.6 Å². The molecule has 0 fully saturated rings. The van der Waals surface area contributed by atoms with E-state index in [2.05, 4.69) is 20.8 Å². The zero-order chi connectivity index (χ0) is 17.0. The highest BCUT2D eigenvalue weighted by atomic mass is 19.1. The molecule has 0 radical (unpaired) electrons. The molecule has 0 aliphatic carbocycles. The number of rotatable bonds is 4. The first kappa shape index (κ1) is 16.8. The quantitative estimate of drug-likeness (QED) is 0.793. The number of aromatic nitrogens is 2. The molecule has 23 heavy (non-hydrogen) atoms. The highest BCUT2D eigenvalue weighted by molar-refractivity contribution is 5.89. The standard InChI is InChI=1S/C16H21FN4O2/c1-10(12-7-8-18-21-12)19-14-9-11(17)5-6-13(14)20-15(22)23-16(2,3)4/h5-10,19H,1-4H3,(H,18,21)(H,20,22). The molecule has 0 spiro atoms. The summed E-state index contributed by atoms with van der Waals surface area (Å²) >= 11 is 0. The number of ether oxygens (including phenoxy) is 1. The second kappa shape index (κ2) is 6.68. The molecule has 7 heteroatoms. The van der Waals surface area contributed by atoms with Crippen LogP contribution in [0.2, 0.25) is 0 Å². The third kappa shape index (κ3) is 4.98. The van der Waals surface area contributed by atoms with Gasteiger partial charge in [-0.05, 0) is 52.0 Å². The Balaban J connectivity index is 2.15. The Bertz CT molecular complexity index is 665. The Kier molecular flexibility index (Phi) is 4.88. The number of anilines is 2. The van der Waals surface area contributed by atoms with Gasteiger partial charge in [-0.15, -0.1) is 0 Å². The van der Waals surface area contributed by atoms with Crippen LogP contribution in [0.15, 0.2) is 30.5 Å². The van der Waals surface area contributed by atoms with Crippen molar-refractivity contribution in [1.82, 2.24) is 10.2 Å². The molecule has 0 saturated carbocycles. The van der Waals surface area contributed by atoms with Crippen LogP contribution in [0, 0.1) is 5.82 Å². The molecule has 1 aromatic carbocycles. The normalized spacial score (nSPS) is 12.6. The van der Waals surface area contributed by atoms with Gasteiger partial charge in [-0.2, -0.15) is 5.10 Å². The lowest BCUT2D eigenvalue weighted by Crippen LogP contribution is -2.27. The molecule has 124 valence electrons. The first-order chi connectivity index (χ1) is 10.7. The summed E-state index contributed by atoms with van der Waals surface area (Å²) in [7, 11) is 0. The molecule has 1 aromatic heterocycles. The number of halogens is 1. The van der Waals surface area contributed by atoms with Crippen LogP contribution in [0.25, 0.3) is 0 Å². The largest absolute Gasteiger partial charge is 0.444 e. The summed E-state index contributed by atoms with van der Waals surface area (Å²) in [5, 5.41) is 12.5. The second-order valence-electron chi connectivity index (χ2n) is 6.19. The van der Waals surface area contributed by atoms with E-state index in [0.29, 0.717) is 11.4 Å². The van der Waals surface area contributed by atoms with E-state index in [1.165, 1.54) is 18.2 Å². The molecule has 2 rings (SSSR count). The molecular weight excluding hydrogens is 299 g/mol. The maximum atomic E-state index is 13.5. The van der Waals surface area contributed by atoms with Crippen LogP contribution < -0.4 is 10.6 Å². The Labute approximate surface area is 134 Å². The highest BCUT2D eigenvalue weighted by Crippen LogP contribution is 2.27.